The summed E-state index contributed by atoms with van der Waals surface area (Å²) in [6.45, 7) is 2.24. The Kier molecular flexibility index (Phi) is 3.73. The van der Waals surface area contributed by atoms with Gasteiger partial charge in [0.2, 0.25) is 0 Å². The molecule has 2 aliphatic rings. The minimum absolute atomic E-state index is 0.0245. The number of hydrogen-bond acceptors (Lipinski definition) is 3. The van der Waals surface area contributed by atoms with Crippen LogP contribution in [0.5, 0.6) is 5.75 Å². The standard InChI is InChI=1S/C18H26FNO2/c1-17-9-8-12(10-17)11-18(21,16(17)20(2)3)13-6-5-7-14(22-4)15(13)19/h5-7,12,16,21H,8-11H2,1-4H3. The van der Waals surface area contributed by atoms with Crippen molar-refractivity contribution < 1.29 is 14.2 Å². The fourth-order valence-electron chi connectivity index (χ4n) is 5.26. The van der Waals surface area contributed by atoms with Gasteiger partial charge >= 0.3 is 0 Å². The van der Waals surface area contributed by atoms with E-state index in [1.165, 1.54) is 7.11 Å². The minimum Gasteiger partial charge on any atom is -0.494 e. The molecule has 4 unspecified atom stereocenters. The van der Waals surface area contributed by atoms with Gasteiger partial charge in [-0.1, -0.05) is 19.1 Å². The normalized spacial score (nSPS) is 37.6. The molecule has 2 bridgehead atoms. The summed E-state index contributed by atoms with van der Waals surface area (Å²) in [6, 6.07) is 4.98. The molecule has 2 saturated carbocycles. The molecule has 0 amide bonds. The first kappa shape index (κ1) is 15.8. The molecule has 0 spiro atoms. The SMILES string of the molecule is COc1cccc(C2(O)CC3CCC(C)(C3)C2N(C)C)c1F. The van der Waals surface area contributed by atoms with Crippen LogP contribution in [0.2, 0.25) is 0 Å². The molecule has 0 heterocycles. The van der Waals surface area contributed by atoms with Gasteiger partial charge in [0.25, 0.3) is 0 Å². The van der Waals surface area contributed by atoms with Crippen LogP contribution in [0.15, 0.2) is 18.2 Å². The van der Waals surface area contributed by atoms with Gasteiger partial charge < -0.3 is 14.7 Å². The van der Waals surface area contributed by atoms with Crippen LogP contribution in [-0.4, -0.2) is 37.3 Å². The van der Waals surface area contributed by atoms with E-state index in [2.05, 4.69) is 11.8 Å². The Morgan fingerprint density at radius 3 is 2.68 bits per heavy atom. The van der Waals surface area contributed by atoms with Crippen LogP contribution in [0.3, 0.4) is 0 Å². The number of rotatable bonds is 3. The largest absolute Gasteiger partial charge is 0.494 e. The van der Waals surface area contributed by atoms with Crippen molar-refractivity contribution in [3.63, 3.8) is 0 Å². The van der Waals surface area contributed by atoms with E-state index >= 15 is 0 Å². The van der Waals surface area contributed by atoms with Crippen LogP contribution in [0.4, 0.5) is 4.39 Å². The van der Waals surface area contributed by atoms with Gasteiger partial charge in [-0.05, 0) is 57.2 Å². The first-order chi connectivity index (χ1) is 10.3. The number of aliphatic hydroxyl groups is 1. The third-order valence-corrected chi connectivity index (χ3v) is 5.76. The van der Waals surface area contributed by atoms with Crippen molar-refractivity contribution in [1.29, 1.82) is 0 Å². The Hall–Kier alpha value is -1.13. The molecule has 1 N–H and O–H groups in total. The summed E-state index contributed by atoms with van der Waals surface area (Å²) in [5.41, 5.74) is -0.768. The Balaban J connectivity index is 2.14. The zero-order valence-corrected chi connectivity index (χ0v) is 13.9. The molecule has 2 fully saturated rings. The highest BCUT2D eigenvalue weighted by molar-refractivity contribution is 5.37. The zero-order valence-electron chi connectivity index (χ0n) is 13.9. The van der Waals surface area contributed by atoms with Gasteiger partial charge in [-0.3, -0.25) is 0 Å². The van der Waals surface area contributed by atoms with Crippen molar-refractivity contribution >= 4 is 0 Å². The number of ether oxygens (including phenoxy) is 1. The molecule has 2 aliphatic carbocycles. The van der Waals surface area contributed by atoms with Crippen LogP contribution in [0.1, 0.15) is 38.2 Å². The van der Waals surface area contributed by atoms with E-state index in [1.807, 2.05) is 14.1 Å². The third-order valence-electron chi connectivity index (χ3n) is 5.76. The van der Waals surface area contributed by atoms with E-state index in [0.717, 1.165) is 19.3 Å². The Morgan fingerprint density at radius 1 is 1.32 bits per heavy atom. The van der Waals surface area contributed by atoms with Crippen molar-refractivity contribution in [3.05, 3.63) is 29.6 Å². The highest BCUT2D eigenvalue weighted by Crippen LogP contribution is 2.59. The first-order valence-corrected chi connectivity index (χ1v) is 8.03. The smallest absolute Gasteiger partial charge is 0.171 e. The molecule has 122 valence electrons. The number of nitrogens with zero attached hydrogens (tertiary/aromatic N) is 1. The maximum atomic E-state index is 14.8. The van der Waals surface area contributed by atoms with E-state index in [1.54, 1.807) is 18.2 Å². The molecule has 1 aromatic carbocycles. The second-order valence-corrected chi connectivity index (χ2v) is 7.58. The van der Waals surface area contributed by atoms with Gasteiger partial charge in [-0.25, -0.2) is 4.39 Å². The maximum absolute atomic E-state index is 14.8. The Bertz CT molecular complexity index is 576. The van der Waals surface area contributed by atoms with E-state index in [-0.39, 0.29) is 17.2 Å². The van der Waals surface area contributed by atoms with Crippen LogP contribution in [0.25, 0.3) is 0 Å². The number of fused-ring (bicyclic) bond motifs is 2. The highest BCUT2D eigenvalue weighted by Gasteiger charge is 2.59. The Morgan fingerprint density at radius 2 is 2.05 bits per heavy atom. The molecule has 1 aromatic rings. The summed E-state index contributed by atoms with van der Waals surface area (Å²) in [4.78, 5) is 2.07. The maximum Gasteiger partial charge on any atom is 0.171 e. The number of likely N-dealkylation sites (N-methyl/N-ethyl adjacent to an activating group) is 1. The molecule has 4 heteroatoms. The first-order valence-electron chi connectivity index (χ1n) is 8.03. The van der Waals surface area contributed by atoms with Gasteiger partial charge in [-0.15, -0.1) is 0 Å². The lowest BCUT2D eigenvalue weighted by Crippen LogP contribution is -2.58. The lowest BCUT2D eigenvalue weighted by Gasteiger charge is -2.52. The van der Waals surface area contributed by atoms with Crippen LogP contribution in [-0.2, 0) is 5.60 Å². The number of benzene rings is 1. The number of halogens is 1. The molecule has 0 aliphatic heterocycles. The van der Waals surface area contributed by atoms with Crippen LogP contribution < -0.4 is 4.74 Å². The summed E-state index contributed by atoms with van der Waals surface area (Å²) in [7, 11) is 5.43. The molecular weight excluding hydrogens is 281 g/mol. The summed E-state index contributed by atoms with van der Waals surface area (Å²) in [5.74, 6) is 0.243. The summed E-state index contributed by atoms with van der Waals surface area (Å²) in [6.07, 6.45) is 3.95. The van der Waals surface area contributed by atoms with Gasteiger partial charge in [0.05, 0.1) is 7.11 Å². The second kappa shape index (κ2) is 5.20. The van der Waals surface area contributed by atoms with Crippen molar-refractivity contribution in [2.45, 2.75) is 44.2 Å². The second-order valence-electron chi connectivity index (χ2n) is 7.58. The average Bonchev–Trinajstić information content (AvgIpc) is 2.74. The zero-order chi connectivity index (χ0) is 16.1. The van der Waals surface area contributed by atoms with Crippen molar-refractivity contribution in [1.82, 2.24) is 4.90 Å². The lowest BCUT2D eigenvalue weighted by atomic mass is 9.62. The van der Waals surface area contributed by atoms with Crippen molar-refractivity contribution in [2.24, 2.45) is 11.3 Å². The predicted octanol–water partition coefficient (Wildman–Crippen LogP) is 3.16. The van der Waals surface area contributed by atoms with Gasteiger partial charge in [0.15, 0.2) is 11.6 Å². The van der Waals surface area contributed by atoms with E-state index in [4.69, 9.17) is 4.74 Å². The van der Waals surface area contributed by atoms with Crippen LogP contribution in [0, 0.1) is 17.2 Å². The summed E-state index contributed by atoms with van der Waals surface area (Å²) < 4.78 is 19.9. The molecule has 4 atom stereocenters. The lowest BCUT2D eigenvalue weighted by molar-refractivity contribution is -0.122. The fraction of sp³-hybridized carbons (Fsp3) is 0.667. The van der Waals surface area contributed by atoms with Crippen molar-refractivity contribution in [2.75, 3.05) is 21.2 Å². The van der Waals surface area contributed by atoms with Crippen molar-refractivity contribution in [3.8, 4) is 5.75 Å². The number of methoxy groups -OCH3 is 1. The van der Waals surface area contributed by atoms with E-state index in [9.17, 15) is 9.50 Å². The minimum atomic E-state index is -1.17. The molecule has 0 saturated heterocycles. The summed E-state index contributed by atoms with van der Waals surface area (Å²) >= 11 is 0. The highest BCUT2D eigenvalue weighted by atomic mass is 19.1. The molecule has 3 nitrogen and oxygen atoms in total. The van der Waals surface area contributed by atoms with Gasteiger partial charge in [-0.2, -0.15) is 0 Å². The monoisotopic (exact) mass is 307 g/mol. The molecule has 3 rings (SSSR count). The predicted molar refractivity (Wildman–Crippen MR) is 84.4 cm³/mol. The Labute approximate surface area is 132 Å². The van der Waals surface area contributed by atoms with Crippen LogP contribution >= 0.6 is 0 Å². The number of hydrogen-bond donors (Lipinski definition) is 1. The topological polar surface area (TPSA) is 32.7 Å². The molecule has 0 radical (unpaired) electrons. The van der Waals surface area contributed by atoms with Gasteiger partial charge in [0.1, 0.15) is 5.60 Å². The van der Waals surface area contributed by atoms with Gasteiger partial charge in [0, 0.05) is 11.6 Å². The molecule has 22 heavy (non-hydrogen) atoms. The van der Waals surface area contributed by atoms with E-state index < -0.39 is 11.4 Å². The quantitative estimate of drug-likeness (QED) is 0.931. The molecule has 0 aromatic heterocycles. The van der Waals surface area contributed by atoms with E-state index in [0.29, 0.717) is 17.9 Å². The molecular formula is C18H26FNO2. The average molecular weight is 307 g/mol. The fourth-order valence-corrected chi connectivity index (χ4v) is 5.26. The summed E-state index contributed by atoms with van der Waals surface area (Å²) in [5, 5.41) is 11.6. The third kappa shape index (κ3) is 2.16.